The summed E-state index contributed by atoms with van der Waals surface area (Å²) >= 11 is 1.59. The van der Waals surface area contributed by atoms with Crippen LogP contribution in [0.5, 0.6) is 0 Å². The maximum Gasteiger partial charge on any atom is 0.187 e. The normalized spacial score (nSPS) is 12.2. The van der Waals surface area contributed by atoms with Crippen molar-refractivity contribution in [2.75, 3.05) is 5.32 Å². The summed E-state index contributed by atoms with van der Waals surface area (Å²) in [5.41, 5.74) is 8.69. The molecule has 0 bridgehead atoms. The number of aromatic nitrogens is 3. The number of allylic oxidation sites excluding steroid dienone is 5. The van der Waals surface area contributed by atoms with E-state index in [-0.39, 0.29) is 0 Å². The summed E-state index contributed by atoms with van der Waals surface area (Å²) in [6.45, 7) is 12.4. The topological polar surface area (TPSA) is 42.7 Å². The van der Waals surface area contributed by atoms with Gasteiger partial charge in [0.05, 0.1) is 16.7 Å². The molecule has 0 aliphatic rings. The number of hydrogen-bond acceptors (Lipinski definition) is 4. The zero-order chi connectivity index (χ0) is 23.5. The van der Waals surface area contributed by atoms with E-state index in [0.717, 1.165) is 50.1 Å². The highest BCUT2D eigenvalue weighted by molar-refractivity contribution is 7.13. The third-order valence-electron chi connectivity index (χ3n) is 5.72. The first-order chi connectivity index (χ1) is 15.9. The zero-order valence-corrected chi connectivity index (χ0v) is 20.7. The van der Waals surface area contributed by atoms with Crippen molar-refractivity contribution in [2.24, 2.45) is 7.05 Å². The van der Waals surface area contributed by atoms with Crippen LogP contribution in [0.3, 0.4) is 0 Å². The Morgan fingerprint density at radius 1 is 1.18 bits per heavy atom. The fourth-order valence-electron chi connectivity index (χ4n) is 3.88. The van der Waals surface area contributed by atoms with Crippen LogP contribution >= 0.6 is 11.3 Å². The van der Waals surface area contributed by atoms with Crippen LogP contribution in [0.1, 0.15) is 43.5 Å². The SMILES string of the molecule is C=C/C=C(\C=C/C)c1csc(Nc2cc3nc(-c4cccc(C(C)C)c4)n(C)c3cc2C)n1. The van der Waals surface area contributed by atoms with Gasteiger partial charge in [-0.25, -0.2) is 9.97 Å². The van der Waals surface area contributed by atoms with Crippen LogP contribution in [0.25, 0.3) is 28.0 Å². The molecule has 0 saturated heterocycles. The van der Waals surface area contributed by atoms with Crippen molar-refractivity contribution in [1.29, 1.82) is 0 Å². The summed E-state index contributed by atoms with van der Waals surface area (Å²) in [6.07, 6.45) is 7.81. The molecule has 4 aromatic rings. The van der Waals surface area contributed by atoms with Gasteiger partial charge in [-0.15, -0.1) is 11.3 Å². The standard InChI is InChI=1S/C28H30N4S/c1-7-10-20(11-8-2)25-17-33-28(31-25)30-23-16-24-26(14-19(23)5)32(6)27(29-24)22-13-9-12-21(15-22)18(3)4/h7-18H,1H2,2-6H3,(H,30,31)/b11-8-,20-10+. The average molecular weight is 455 g/mol. The lowest BCUT2D eigenvalue weighted by atomic mass is 10.0. The minimum atomic E-state index is 0.482. The minimum Gasteiger partial charge on any atom is -0.331 e. The number of imidazole rings is 1. The van der Waals surface area contributed by atoms with Crippen LogP contribution in [0.2, 0.25) is 0 Å². The van der Waals surface area contributed by atoms with Gasteiger partial charge in [-0.3, -0.25) is 0 Å². The highest BCUT2D eigenvalue weighted by atomic mass is 32.1. The second kappa shape index (κ2) is 9.59. The summed E-state index contributed by atoms with van der Waals surface area (Å²) in [7, 11) is 2.08. The van der Waals surface area contributed by atoms with Crippen LogP contribution in [0.4, 0.5) is 10.8 Å². The van der Waals surface area contributed by atoms with Gasteiger partial charge in [0, 0.05) is 29.3 Å². The lowest BCUT2D eigenvalue weighted by molar-refractivity contribution is 0.865. The molecule has 0 atom stereocenters. The van der Waals surface area contributed by atoms with E-state index in [9.17, 15) is 0 Å². The number of aryl methyl sites for hydroxylation is 2. The summed E-state index contributed by atoms with van der Waals surface area (Å²) < 4.78 is 2.18. The first-order valence-corrected chi connectivity index (χ1v) is 12.0. The van der Waals surface area contributed by atoms with E-state index in [1.165, 1.54) is 5.56 Å². The van der Waals surface area contributed by atoms with Crippen molar-refractivity contribution in [3.8, 4) is 11.4 Å². The van der Waals surface area contributed by atoms with Crippen LogP contribution in [-0.4, -0.2) is 14.5 Å². The summed E-state index contributed by atoms with van der Waals surface area (Å²) in [6, 6.07) is 13.0. The van der Waals surface area contributed by atoms with E-state index >= 15 is 0 Å². The molecule has 2 aromatic heterocycles. The van der Waals surface area contributed by atoms with Crippen molar-refractivity contribution < 1.29 is 0 Å². The van der Waals surface area contributed by atoms with E-state index in [0.29, 0.717) is 5.92 Å². The molecule has 4 rings (SSSR count). The van der Waals surface area contributed by atoms with Gasteiger partial charge in [0.1, 0.15) is 5.82 Å². The number of nitrogens with zero attached hydrogens (tertiary/aromatic N) is 3. The predicted octanol–water partition coefficient (Wildman–Crippen LogP) is 8.02. The lowest BCUT2D eigenvalue weighted by Crippen LogP contribution is -1.96. The Kier molecular flexibility index (Phi) is 6.61. The number of thiazole rings is 1. The van der Waals surface area contributed by atoms with Crippen LogP contribution in [-0.2, 0) is 7.05 Å². The highest BCUT2D eigenvalue weighted by Gasteiger charge is 2.14. The van der Waals surface area contributed by atoms with Gasteiger partial charge in [0.25, 0.3) is 0 Å². The Bertz CT molecular complexity index is 1370. The van der Waals surface area contributed by atoms with Gasteiger partial charge in [0.2, 0.25) is 0 Å². The van der Waals surface area contributed by atoms with Gasteiger partial charge in [-0.2, -0.15) is 0 Å². The van der Waals surface area contributed by atoms with Gasteiger partial charge in [-0.05, 0) is 49.1 Å². The molecule has 2 aromatic carbocycles. The molecule has 2 heterocycles. The second-order valence-electron chi connectivity index (χ2n) is 8.45. The molecule has 0 fully saturated rings. The third-order valence-corrected chi connectivity index (χ3v) is 6.48. The molecule has 0 aliphatic carbocycles. The molecular weight excluding hydrogens is 424 g/mol. The maximum atomic E-state index is 4.99. The van der Waals surface area contributed by atoms with Crippen LogP contribution < -0.4 is 5.32 Å². The molecule has 0 saturated carbocycles. The molecule has 0 spiro atoms. The average Bonchev–Trinajstić information content (AvgIpc) is 3.39. The molecular formula is C28H30N4S. The van der Waals surface area contributed by atoms with Gasteiger partial charge >= 0.3 is 0 Å². The molecule has 0 amide bonds. The Balaban J connectivity index is 1.69. The lowest BCUT2D eigenvalue weighted by Gasteiger charge is -2.09. The van der Waals surface area contributed by atoms with Crippen molar-refractivity contribution in [3.63, 3.8) is 0 Å². The Morgan fingerprint density at radius 3 is 2.73 bits per heavy atom. The van der Waals surface area contributed by atoms with Crippen molar-refractivity contribution in [2.45, 2.75) is 33.6 Å². The molecule has 0 radical (unpaired) electrons. The first-order valence-electron chi connectivity index (χ1n) is 11.2. The van der Waals surface area contributed by atoms with Gasteiger partial charge < -0.3 is 9.88 Å². The summed E-state index contributed by atoms with van der Waals surface area (Å²) in [4.78, 5) is 9.76. The predicted molar refractivity (Wildman–Crippen MR) is 143 cm³/mol. The zero-order valence-electron chi connectivity index (χ0n) is 19.9. The van der Waals surface area contributed by atoms with E-state index in [1.807, 2.05) is 25.2 Å². The molecule has 0 aliphatic heterocycles. The largest absolute Gasteiger partial charge is 0.331 e. The number of rotatable bonds is 7. The fourth-order valence-corrected chi connectivity index (χ4v) is 4.62. The first kappa shape index (κ1) is 22.7. The summed E-state index contributed by atoms with van der Waals surface area (Å²) in [5, 5.41) is 6.41. The van der Waals surface area contributed by atoms with Gasteiger partial charge in [-0.1, -0.05) is 62.9 Å². The second-order valence-corrected chi connectivity index (χ2v) is 9.31. The molecule has 4 nitrogen and oxygen atoms in total. The number of anilines is 2. The number of fused-ring (bicyclic) bond motifs is 1. The highest BCUT2D eigenvalue weighted by Crippen LogP contribution is 2.32. The third kappa shape index (κ3) is 4.69. The van der Waals surface area contributed by atoms with Gasteiger partial charge in [0.15, 0.2) is 5.13 Å². The minimum absolute atomic E-state index is 0.482. The number of benzene rings is 2. The molecule has 168 valence electrons. The quantitative estimate of drug-likeness (QED) is 0.288. The van der Waals surface area contributed by atoms with Crippen molar-refractivity contribution in [1.82, 2.24) is 14.5 Å². The molecule has 0 unspecified atom stereocenters. The smallest absolute Gasteiger partial charge is 0.187 e. The van der Waals surface area contributed by atoms with Crippen LogP contribution in [0.15, 0.2) is 72.7 Å². The Hall–Kier alpha value is -3.44. The molecule has 5 heteroatoms. The van der Waals surface area contributed by atoms with Crippen LogP contribution in [0, 0.1) is 6.92 Å². The fraction of sp³-hybridized carbons (Fsp3) is 0.214. The van der Waals surface area contributed by atoms with E-state index in [4.69, 9.17) is 9.97 Å². The number of hydrogen-bond donors (Lipinski definition) is 1. The molecule has 33 heavy (non-hydrogen) atoms. The maximum absolute atomic E-state index is 4.99. The van der Waals surface area contributed by atoms with Crippen molar-refractivity contribution >= 4 is 38.8 Å². The summed E-state index contributed by atoms with van der Waals surface area (Å²) in [5.74, 6) is 1.46. The van der Waals surface area contributed by atoms with E-state index in [1.54, 1.807) is 17.4 Å². The monoisotopic (exact) mass is 454 g/mol. The molecule has 1 N–H and O–H groups in total. The Labute approximate surface area is 200 Å². The van der Waals surface area contributed by atoms with Crippen molar-refractivity contribution in [3.05, 3.63) is 89.5 Å². The Morgan fingerprint density at radius 2 is 2.00 bits per heavy atom. The number of nitrogens with one attached hydrogen (secondary N) is 1. The van der Waals surface area contributed by atoms with E-state index < -0.39 is 0 Å². The van der Waals surface area contributed by atoms with E-state index in [2.05, 4.69) is 86.1 Å².